The van der Waals surface area contributed by atoms with E-state index in [0.717, 1.165) is 10.4 Å². The Morgan fingerprint density at radius 2 is 2.15 bits per heavy atom. The molecule has 2 aromatic heterocycles. The number of nitrogens with one attached hydrogen (secondary N) is 2. The van der Waals surface area contributed by atoms with E-state index in [1.54, 1.807) is 17.6 Å². The first-order chi connectivity index (χ1) is 9.38. The lowest BCUT2D eigenvalue weighted by Gasteiger charge is -2.15. The van der Waals surface area contributed by atoms with Crippen molar-refractivity contribution in [1.82, 2.24) is 15.2 Å². The van der Waals surface area contributed by atoms with Crippen molar-refractivity contribution in [1.29, 1.82) is 0 Å². The van der Waals surface area contributed by atoms with Crippen LogP contribution in [0, 0.1) is 6.92 Å². The maximum absolute atomic E-state index is 11.9. The van der Waals surface area contributed by atoms with Gasteiger partial charge in [0.25, 0.3) is 5.56 Å². The zero-order chi connectivity index (χ0) is 14.8. The van der Waals surface area contributed by atoms with Crippen LogP contribution >= 0.6 is 11.3 Å². The standard InChI is InChI=1S/C13H17N5OS/c1-8-5-6-20-9(8)7-14-17-12-15-11(19)10(16-18-12)13(2,3)4/h5-7H,1-4H3,(H2,15,17,18,19)/b14-7+. The van der Waals surface area contributed by atoms with Crippen molar-refractivity contribution in [2.45, 2.75) is 33.1 Å². The highest BCUT2D eigenvalue weighted by molar-refractivity contribution is 7.11. The number of aryl methyl sites for hydroxylation is 1. The van der Waals surface area contributed by atoms with Gasteiger partial charge in [-0.15, -0.1) is 21.5 Å². The third-order valence-electron chi connectivity index (χ3n) is 2.66. The van der Waals surface area contributed by atoms with Crippen molar-refractivity contribution >= 4 is 23.5 Å². The summed E-state index contributed by atoms with van der Waals surface area (Å²) in [4.78, 5) is 15.6. The Morgan fingerprint density at radius 3 is 2.70 bits per heavy atom. The number of hydrazone groups is 1. The Kier molecular flexibility index (Phi) is 3.99. The fourth-order valence-electron chi connectivity index (χ4n) is 1.55. The minimum Gasteiger partial charge on any atom is -0.288 e. The lowest BCUT2D eigenvalue weighted by Crippen LogP contribution is -2.28. The summed E-state index contributed by atoms with van der Waals surface area (Å²) >= 11 is 1.60. The number of hydrogen-bond donors (Lipinski definition) is 2. The molecule has 0 unspecified atom stereocenters. The average Bonchev–Trinajstić information content (AvgIpc) is 2.73. The summed E-state index contributed by atoms with van der Waals surface area (Å²) in [5, 5.41) is 13.9. The van der Waals surface area contributed by atoms with Gasteiger partial charge in [0.1, 0.15) is 5.69 Å². The van der Waals surface area contributed by atoms with Gasteiger partial charge in [0, 0.05) is 10.3 Å². The first-order valence-corrected chi connectivity index (χ1v) is 7.06. The van der Waals surface area contributed by atoms with Crippen LogP contribution in [0.2, 0.25) is 0 Å². The minimum absolute atomic E-state index is 0.230. The summed E-state index contributed by atoms with van der Waals surface area (Å²) in [7, 11) is 0. The van der Waals surface area contributed by atoms with Crippen LogP contribution in [0.5, 0.6) is 0 Å². The van der Waals surface area contributed by atoms with Gasteiger partial charge >= 0.3 is 0 Å². The third kappa shape index (κ3) is 3.30. The number of anilines is 1. The number of nitrogens with zero attached hydrogens (tertiary/aromatic N) is 3. The van der Waals surface area contributed by atoms with E-state index in [4.69, 9.17) is 0 Å². The number of aromatic nitrogens is 3. The molecule has 0 aliphatic rings. The van der Waals surface area contributed by atoms with Gasteiger partial charge in [0.15, 0.2) is 0 Å². The topological polar surface area (TPSA) is 83.0 Å². The molecule has 106 valence electrons. The largest absolute Gasteiger partial charge is 0.288 e. The van der Waals surface area contributed by atoms with E-state index in [2.05, 4.69) is 25.7 Å². The molecule has 0 amide bonds. The molecule has 0 aliphatic heterocycles. The van der Waals surface area contributed by atoms with Crippen LogP contribution in [0.15, 0.2) is 21.3 Å². The van der Waals surface area contributed by atoms with Crippen molar-refractivity contribution in [2.75, 3.05) is 5.43 Å². The minimum atomic E-state index is -0.337. The average molecular weight is 291 g/mol. The molecule has 0 radical (unpaired) electrons. The normalized spacial score (nSPS) is 12.0. The van der Waals surface area contributed by atoms with Gasteiger partial charge in [-0.1, -0.05) is 20.8 Å². The fourth-order valence-corrected chi connectivity index (χ4v) is 2.33. The van der Waals surface area contributed by atoms with Gasteiger partial charge < -0.3 is 0 Å². The molecule has 0 aromatic carbocycles. The summed E-state index contributed by atoms with van der Waals surface area (Å²) in [6, 6.07) is 2.02. The van der Waals surface area contributed by atoms with Crippen molar-refractivity contribution in [3.63, 3.8) is 0 Å². The Labute approximate surface area is 121 Å². The second kappa shape index (κ2) is 5.54. The zero-order valence-corrected chi connectivity index (χ0v) is 12.7. The summed E-state index contributed by atoms with van der Waals surface area (Å²) in [6.07, 6.45) is 1.69. The zero-order valence-electron chi connectivity index (χ0n) is 11.9. The van der Waals surface area contributed by atoms with Crippen LogP contribution in [0.4, 0.5) is 5.95 Å². The maximum atomic E-state index is 11.9. The van der Waals surface area contributed by atoms with Crippen LogP contribution < -0.4 is 11.0 Å². The van der Waals surface area contributed by atoms with E-state index in [-0.39, 0.29) is 16.9 Å². The van der Waals surface area contributed by atoms with E-state index in [9.17, 15) is 4.79 Å². The molecule has 0 saturated heterocycles. The molecule has 0 saturated carbocycles. The molecular weight excluding hydrogens is 274 g/mol. The molecule has 0 atom stereocenters. The van der Waals surface area contributed by atoms with Crippen LogP contribution in [0.1, 0.15) is 36.9 Å². The van der Waals surface area contributed by atoms with Gasteiger partial charge in [0.05, 0.1) is 6.21 Å². The van der Waals surface area contributed by atoms with E-state index in [1.165, 1.54) is 0 Å². The molecule has 2 aromatic rings. The van der Waals surface area contributed by atoms with E-state index in [1.807, 2.05) is 39.1 Å². The fraction of sp³-hybridized carbons (Fsp3) is 0.385. The first-order valence-electron chi connectivity index (χ1n) is 6.18. The van der Waals surface area contributed by atoms with Crippen LogP contribution in [0.3, 0.4) is 0 Å². The van der Waals surface area contributed by atoms with Crippen molar-refractivity contribution in [3.05, 3.63) is 37.9 Å². The highest BCUT2D eigenvalue weighted by Crippen LogP contribution is 2.15. The van der Waals surface area contributed by atoms with E-state index >= 15 is 0 Å². The molecule has 2 rings (SSSR count). The molecule has 20 heavy (non-hydrogen) atoms. The summed E-state index contributed by atoms with van der Waals surface area (Å²) in [6.45, 7) is 7.75. The Bertz CT molecular complexity index is 681. The highest BCUT2D eigenvalue weighted by Gasteiger charge is 2.20. The number of rotatable bonds is 3. The molecule has 0 bridgehead atoms. The van der Waals surface area contributed by atoms with Gasteiger partial charge in [-0.25, -0.2) is 5.43 Å². The van der Waals surface area contributed by atoms with Crippen LogP contribution in [-0.4, -0.2) is 21.4 Å². The predicted molar refractivity (Wildman–Crippen MR) is 81.6 cm³/mol. The number of aromatic amines is 1. The van der Waals surface area contributed by atoms with Crippen LogP contribution in [0.25, 0.3) is 0 Å². The lowest BCUT2D eigenvalue weighted by atomic mass is 9.93. The van der Waals surface area contributed by atoms with Gasteiger partial charge in [-0.05, 0) is 23.9 Å². The van der Waals surface area contributed by atoms with Crippen molar-refractivity contribution < 1.29 is 0 Å². The second-order valence-corrected chi connectivity index (χ2v) is 6.39. The van der Waals surface area contributed by atoms with Crippen molar-refractivity contribution in [3.8, 4) is 0 Å². The summed E-state index contributed by atoms with van der Waals surface area (Å²) in [5.74, 6) is 0.230. The number of hydrogen-bond acceptors (Lipinski definition) is 6. The third-order valence-corrected chi connectivity index (χ3v) is 3.61. The Hall–Kier alpha value is -2.02. The Balaban J connectivity index is 2.12. The SMILES string of the molecule is Cc1ccsc1/C=N/Nc1nnc(C(C)(C)C)c(=O)[nH]1. The summed E-state index contributed by atoms with van der Waals surface area (Å²) < 4.78 is 0. The molecule has 2 N–H and O–H groups in total. The molecule has 0 aliphatic carbocycles. The monoisotopic (exact) mass is 291 g/mol. The predicted octanol–water partition coefficient (Wildman–Crippen LogP) is 2.28. The Morgan fingerprint density at radius 1 is 1.40 bits per heavy atom. The smallest absolute Gasteiger partial charge is 0.274 e. The van der Waals surface area contributed by atoms with Crippen molar-refractivity contribution in [2.24, 2.45) is 5.10 Å². The lowest BCUT2D eigenvalue weighted by molar-refractivity contribution is 0.547. The maximum Gasteiger partial charge on any atom is 0.274 e. The van der Waals surface area contributed by atoms with E-state index in [0.29, 0.717) is 5.69 Å². The molecule has 6 nitrogen and oxygen atoms in total. The number of thiophene rings is 1. The van der Waals surface area contributed by atoms with Crippen LogP contribution in [-0.2, 0) is 5.41 Å². The number of H-pyrrole nitrogens is 1. The van der Waals surface area contributed by atoms with Gasteiger partial charge in [-0.3, -0.25) is 9.78 Å². The molecule has 7 heteroatoms. The first kappa shape index (κ1) is 14.4. The molecule has 2 heterocycles. The van der Waals surface area contributed by atoms with E-state index < -0.39 is 0 Å². The highest BCUT2D eigenvalue weighted by atomic mass is 32.1. The van der Waals surface area contributed by atoms with Gasteiger partial charge in [-0.2, -0.15) is 5.10 Å². The molecule has 0 fully saturated rings. The quantitative estimate of drug-likeness (QED) is 0.671. The molecular formula is C13H17N5OS. The summed E-state index contributed by atoms with van der Waals surface area (Å²) in [5.41, 5.74) is 3.65. The van der Waals surface area contributed by atoms with Gasteiger partial charge in [0.2, 0.25) is 5.95 Å². The second-order valence-electron chi connectivity index (χ2n) is 5.44. The molecule has 0 spiro atoms.